The first-order valence-electron chi connectivity index (χ1n) is 12.7. The van der Waals surface area contributed by atoms with Crippen molar-refractivity contribution in [3.8, 4) is 0 Å². The van der Waals surface area contributed by atoms with E-state index in [2.05, 4.69) is 145 Å². The highest BCUT2D eigenvalue weighted by molar-refractivity contribution is 6.01. The monoisotopic (exact) mass is 467 g/mol. The summed E-state index contributed by atoms with van der Waals surface area (Å²) in [6, 6.07) is 26.6. The van der Waals surface area contributed by atoms with E-state index in [9.17, 15) is 0 Å². The SMILES string of the molecule is CC(C)(C)c1ccc(C2=NN(c3ccc(C(C)(C)C)cc3)C(c3ccc(C(C)(C)C)cc3)N2)cc1. The summed E-state index contributed by atoms with van der Waals surface area (Å²) in [6.07, 6.45) is -0.0678. The van der Waals surface area contributed by atoms with Crippen LogP contribution in [0.2, 0.25) is 0 Å². The van der Waals surface area contributed by atoms with Crippen LogP contribution >= 0.6 is 0 Å². The number of hydrogen-bond acceptors (Lipinski definition) is 3. The Hall–Kier alpha value is -3.07. The third-order valence-corrected chi connectivity index (χ3v) is 6.84. The van der Waals surface area contributed by atoms with Crippen molar-refractivity contribution in [3.05, 3.63) is 101 Å². The van der Waals surface area contributed by atoms with Gasteiger partial charge in [-0.15, -0.1) is 0 Å². The molecule has 184 valence electrons. The Balaban J connectivity index is 1.71. The zero-order valence-corrected chi connectivity index (χ0v) is 22.9. The van der Waals surface area contributed by atoms with Crippen molar-refractivity contribution in [3.63, 3.8) is 0 Å². The molecule has 0 bridgehead atoms. The Morgan fingerprint density at radius 3 is 1.40 bits per heavy atom. The van der Waals surface area contributed by atoms with Gasteiger partial charge in [0.05, 0.1) is 5.69 Å². The largest absolute Gasteiger partial charge is 0.343 e. The Kier molecular flexibility index (Phi) is 6.34. The Bertz CT molecular complexity index is 1180. The first kappa shape index (κ1) is 25.0. The van der Waals surface area contributed by atoms with Gasteiger partial charge in [0.2, 0.25) is 0 Å². The first-order chi connectivity index (χ1) is 16.2. The standard InChI is InChI=1S/C32H41N3/c1-30(2,3)24-14-10-22(11-15-24)28-33-29(23-12-16-25(17-13-23)31(4,5)6)35(34-28)27-20-18-26(19-21-27)32(7,8)9/h10-21,29H,1-9H3,(H,33,34). The number of anilines is 1. The predicted octanol–water partition coefficient (Wildman–Crippen LogP) is 8.05. The minimum atomic E-state index is -0.0678. The topological polar surface area (TPSA) is 27.6 Å². The zero-order chi connectivity index (χ0) is 25.6. The molecule has 0 aromatic heterocycles. The van der Waals surface area contributed by atoms with Gasteiger partial charge in [-0.1, -0.05) is 123 Å². The van der Waals surface area contributed by atoms with E-state index in [1.165, 1.54) is 22.3 Å². The normalized spacial score (nSPS) is 16.8. The van der Waals surface area contributed by atoms with E-state index in [4.69, 9.17) is 5.10 Å². The van der Waals surface area contributed by atoms with Crippen LogP contribution in [0.1, 0.15) is 96.3 Å². The maximum atomic E-state index is 5.08. The van der Waals surface area contributed by atoms with Crippen LogP contribution in [0.3, 0.4) is 0 Å². The van der Waals surface area contributed by atoms with Crippen molar-refractivity contribution < 1.29 is 0 Å². The average molecular weight is 468 g/mol. The van der Waals surface area contributed by atoms with Gasteiger partial charge in [-0.3, -0.25) is 0 Å². The number of amidine groups is 1. The molecule has 3 nitrogen and oxygen atoms in total. The van der Waals surface area contributed by atoms with Gasteiger partial charge in [-0.05, 0) is 50.6 Å². The summed E-state index contributed by atoms with van der Waals surface area (Å²) >= 11 is 0. The molecule has 0 saturated heterocycles. The molecule has 0 spiro atoms. The second kappa shape index (κ2) is 8.86. The van der Waals surface area contributed by atoms with E-state index in [1.807, 2.05) is 0 Å². The molecule has 1 aliphatic rings. The molecular formula is C32H41N3. The minimum absolute atomic E-state index is 0.0678. The highest BCUT2D eigenvalue weighted by Crippen LogP contribution is 2.34. The molecule has 1 N–H and O–H groups in total. The molecule has 0 aliphatic carbocycles. The second-order valence-electron chi connectivity index (χ2n) is 12.8. The molecule has 4 rings (SSSR count). The van der Waals surface area contributed by atoms with Crippen molar-refractivity contribution in [2.45, 2.75) is 84.7 Å². The number of nitrogens with zero attached hydrogens (tertiary/aromatic N) is 2. The van der Waals surface area contributed by atoms with Gasteiger partial charge in [0.25, 0.3) is 0 Å². The summed E-state index contributed by atoms with van der Waals surface area (Å²) in [4.78, 5) is 0. The molecule has 0 saturated carbocycles. The smallest absolute Gasteiger partial charge is 0.155 e. The molecule has 1 atom stereocenters. The van der Waals surface area contributed by atoms with Crippen LogP contribution in [0.15, 0.2) is 77.9 Å². The second-order valence-corrected chi connectivity index (χ2v) is 12.8. The highest BCUT2D eigenvalue weighted by atomic mass is 15.6. The lowest BCUT2D eigenvalue weighted by Gasteiger charge is -2.26. The van der Waals surface area contributed by atoms with Gasteiger partial charge in [-0.2, -0.15) is 5.10 Å². The Morgan fingerprint density at radius 1 is 0.571 bits per heavy atom. The maximum absolute atomic E-state index is 5.08. The number of hydrazone groups is 1. The van der Waals surface area contributed by atoms with E-state index in [1.54, 1.807) is 0 Å². The first-order valence-corrected chi connectivity index (χ1v) is 12.7. The fourth-order valence-corrected chi connectivity index (χ4v) is 4.37. The molecule has 35 heavy (non-hydrogen) atoms. The lowest BCUT2D eigenvalue weighted by Crippen LogP contribution is -2.30. The number of hydrogen-bond donors (Lipinski definition) is 1. The molecular weight excluding hydrogens is 426 g/mol. The fraction of sp³-hybridized carbons (Fsp3) is 0.406. The Morgan fingerprint density at radius 2 is 0.971 bits per heavy atom. The third-order valence-electron chi connectivity index (χ3n) is 6.84. The highest BCUT2D eigenvalue weighted by Gasteiger charge is 2.30. The van der Waals surface area contributed by atoms with Gasteiger partial charge in [0, 0.05) is 5.56 Å². The van der Waals surface area contributed by atoms with Crippen molar-refractivity contribution >= 4 is 11.5 Å². The number of benzene rings is 3. The summed E-state index contributed by atoms with van der Waals surface area (Å²) in [5, 5.41) is 10.9. The summed E-state index contributed by atoms with van der Waals surface area (Å²) in [5.41, 5.74) is 7.72. The number of nitrogens with one attached hydrogen (secondary N) is 1. The molecule has 1 aliphatic heterocycles. The quantitative estimate of drug-likeness (QED) is 0.422. The van der Waals surface area contributed by atoms with Gasteiger partial charge >= 0.3 is 0 Å². The van der Waals surface area contributed by atoms with E-state index in [-0.39, 0.29) is 22.4 Å². The predicted molar refractivity (Wildman–Crippen MR) is 150 cm³/mol. The van der Waals surface area contributed by atoms with Crippen LogP contribution in [0, 0.1) is 0 Å². The zero-order valence-electron chi connectivity index (χ0n) is 22.9. The van der Waals surface area contributed by atoms with Crippen molar-refractivity contribution in [1.29, 1.82) is 0 Å². The fourth-order valence-electron chi connectivity index (χ4n) is 4.37. The van der Waals surface area contributed by atoms with E-state index >= 15 is 0 Å². The lowest BCUT2D eigenvalue weighted by molar-refractivity contribution is 0.587. The molecule has 1 heterocycles. The van der Waals surface area contributed by atoms with Crippen molar-refractivity contribution in [2.24, 2.45) is 5.10 Å². The molecule has 3 aromatic carbocycles. The van der Waals surface area contributed by atoms with Gasteiger partial charge in [0.1, 0.15) is 6.17 Å². The number of rotatable bonds is 3. The lowest BCUT2D eigenvalue weighted by atomic mass is 9.86. The summed E-state index contributed by atoms with van der Waals surface area (Å²) in [5.74, 6) is 0.898. The maximum Gasteiger partial charge on any atom is 0.155 e. The third kappa shape index (κ3) is 5.45. The van der Waals surface area contributed by atoms with E-state index in [0.717, 1.165) is 17.1 Å². The molecule has 0 radical (unpaired) electrons. The van der Waals surface area contributed by atoms with Crippen LogP contribution in [-0.4, -0.2) is 5.84 Å². The van der Waals surface area contributed by atoms with Crippen LogP contribution in [0.4, 0.5) is 5.69 Å². The van der Waals surface area contributed by atoms with Crippen LogP contribution in [-0.2, 0) is 16.2 Å². The van der Waals surface area contributed by atoms with E-state index < -0.39 is 0 Å². The van der Waals surface area contributed by atoms with Gasteiger partial charge in [0.15, 0.2) is 5.84 Å². The van der Waals surface area contributed by atoms with Crippen LogP contribution in [0.5, 0.6) is 0 Å². The molecule has 0 amide bonds. The summed E-state index contributed by atoms with van der Waals surface area (Å²) in [7, 11) is 0. The van der Waals surface area contributed by atoms with Crippen LogP contribution in [0.25, 0.3) is 0 Å². The van der Waals surface area contributed by atoms with Crippen molar-refractivity contribution in [2.75, 3.05) is 5.01 Å². The molecule has 3 heteroatoms. The van der Waals surface area contributed by atoms with Gasteiger partial charge < -0.3 is 5.32 Å². The van der Waals surface area contributed by atoms with Crippen LogP contribution < -0.4 is 10.3 Å². The Labute approximate surface area is 212 Å². The van der Waals surface area contributed by atoms with E-state index in [0.29, 0.717) is 0 Å². The summed E-state index contributed by atoms with van der Waals surface area (Å²) in [6.45, 7) is 20.2. The molecule has 3 aromatic rings. The molecule has 1 unspecified atom stereocenters. The van der Waals surface area contributed by atoms with Gasteiger partial charge in [-0.25, -0.2) is 5.01 Å². The molecule has 0 fully saturated rings. The summed E-state index contributed by atoms with van der Waals surface area (Å²) < 4.78 is 0. The minimum Gasteiger partial charge on any atom is -0.343 e. The van der Waals surface area contributed by atoms with Crippen molar-refractivity contribution in [1.82, 2.24) is 5.32 Å². The average Bonchev–Trinajstić information content (AvgIpc) is 3.23.